The molecule has 3 heterocycles. The van der Waals surface area contributed by atoms with Crippen molar-refractivity contribution in [1.82, 2.24) is 25.0 Å². The number of aromatic nitrogens is 3. The molecular weight excluding hydrogens is 462 g/mol. The van der Waals surface area contributed by atoms with Crippen molar-refractivity contribution >= 4 is 17.6 Å². The fourth-order valence-corrected chi connectivity index (χ4v) is 4.27. The lowest BCUT2D eigenvalue weighted by Crippen LogP contribution is -2.35. The smallest absolute Gasteiger partial charge is 0.255 e. The number of amides is 2. The van der Waals surface area contributed by atoms with Crippen molar-refractivity contribution in [3.05, 3.63) is 65.6 Å². The average Bonchev–Trinajstić information content (AvgIpc) is 3.52. The highest BCUT2D eigenvalue weighted by Gasteiger charge is 2.29. The van der Waals surface area contributed by atoms with Crippen molar-refractivity contribution in [1.29, 1.82) is 0 Å². The van der Waals surface area contributed by atoms with Crippen molar-refractivity contribution in [2.24, 2.45) is 5.92 Å². The van der Waals surface area contributed by atoms with Gasteiger partial charge in [-0.1, -0.05) is 13.8 Å². The minimum absolute atomic E-state index is 0.0641. The summed E-state index contributed by atoms with van der Waals surface area (Å²) in [6.07, 6.45) is 3.70. The SMILES string of the molecule is COc1ccc(C(=O)CCC(=O)N2CCc3nnc([C@@H](NC(=O)c4ccoc4)C(C)C)n3CC2)cc1. The number of hydrogen-bond acceptors (Lipinski definition) is 7. The van der Waals surface area contributed by atoms with E-state index >= 15 is 0 Å². The summed E-state index contributed by atoms with van der Waals surface area (Å²) in [7, 11) is 1.57. The van der Waals surface area contributed by atoms with E-state index in [0.717, 1.165) is 5.82 Å². The molecule has 0 aliphatic carbocycles. The summed E-state index contributed by atoms with van der Waals surface area (Å²) in [5, 5.41) is 11.8. The van der Waals surface area contributed by atoms with Crippen LogP contribution in [0.5, 0.6) is 5.75 Å². The Kier molecular flexibility index (Phi) is 7.82. The monoisotopic (exact) mass is 493 g/mol. The molecule has 0 saturated heterocycles. The largest absolute Gasteiger partial charge is 0.497 e. The highest BCUT2D eigenvalue weighted by Crippen LogP contribution is 2.23. The van der Waals surface area contributed by atoms with Crippen LogP contribution in [0.2, 0.25) is 0 Å². The minimum atomic E-state index is -0.349. The van der Waals surface area contributed by atoms with Gasteiger partial charge in [0.05, 0.1) is 25.0 Å². The molecule has 190 valence electrons. The van der Waals surface area contributed by atoms with Crippen LogP contribution in [0.4, 0.5) is 0 Å². The van der Waals surface area contributed by atoms with Gasteiger partial charge in [-0.15, -0.1) is 10.2 Å². The number of ether oxygens (including phenoxy) is 1. The first kappa shape index (κ1) is 25.2. The summed E-state index contributed by atoms with van der Waals surface area (Å²) >= 11 is 0. The molecule has 0 fully saturated rings. The van der Waals surface area contributed by atoms with Gasteiger partial charge in [0.2, 0.25) is 5.91 Å². The first-order chi connectivity index (χ1) is 17.4. The highest BCUT2D eigenvalue weighted by atomic mass is 16.5. The third-order valence-electron chi connectivity index (χ3n) is 6.40. The molecule has 10 heteroatoms. The van der Waals surface area contributed by atoms with Crippen LogP contribution in [-0.4, -0.2) is 57.5 Å². The van der Waals surface area contributed by atoms with Crippen molar-refractivity contribution in [3.8, 4) is 5.75 Å². The van der Waals surface area contributed by atoms with Crippen LogP contribution < -0.4 is 10.1 Å². The molecule has 10 nitrogen and oxygen atoms in total. The van der Waals surface area contributed by atoms with E-state index < -0.39 is 0 Å². The van der Waals surface area contributed by atoms with Crippen molar-refractivity contribution < 1.29 is 23.5 Å². The number of ketones is 1. The molecule has 0 radical (unpaired) electrons. The standard InChI is InChI=1S/C26H31N5O5/c1-17(2)24(27-26(34)19-11-15-36-16-19)25-29-28-22-10-12-30(13-14-31(22)25)23(33)9-8-21(32)18-4-6-20(35-3)7-5-18/h4-7,11,15-17,24H,8-10,12-14H2,1-3H3,(H,27,34)/t24-/m0/s1. The molecule has 36 heavy (non-hydrogen) atoms. The molecular formula is C26H31N5O5. The van der Waals surface area contributed by atoms with E-state index in [0.29, 0.717) is 48.8 Å². The Morgan fingerprint density at radius 2 is 1.81 bits per heavy atom. The van der Waals surface area contributed by atoms with Gasteiger partial charge < -0.3 is 23.9 Å². The average molecular weight is 494 g/mol. The number of Topliss-reactive ketones (excluding diaryl/α,β-unsaturated/α-hetero) is 1. The number of furan rings is 1. The summed E-state index contributed by atoms with van der Waals surface area (Å²) < 4.78 is 12.1. The zero-order valence-electron chi connectivity index (χ0n) is 20.8. The molecule has 1 aliphatic heterocycles. The Hall–Kier alpha value is -3.95. The fourth-order valence-electron chi connectivity index (χ4n) is 4.27. The molecule has 0 unspecified atom stereocenters. The zero-order chi connectivity index (χ0) is 25.7. The van der Waals surface area contributed by atoms with Gasteiger partial charge in [-0.2, -0.15) is 0 Å². The van der Waals surface area contributed by atoms with Crippen molar-refractivity contribution in [2.75, 3.05) is 20.2 Å². The fraction of sp³-hybridized carbons (Fsp3) is 0.423. The van der Waals surface area contributed by atoms with Crippen LogP contribution >= 0.6 is 0 Å². The predicted octanol–water partition coefficient (Wildman–Crippen LogP) is 3.05. The Morgan fingerprint density at radius 3 is 2.47 bits per heavy atom. The Morgan fingerprint density at radius 1 is 1.03 bits per heavy atom. The van der Waals surface area contributed by atoms with Gasteiger partial charge in [0.25, 0.3) is 5.91 Å². The second kappa shape index (κ2) is 11.2. The Labute approximate surface area is 209 Å². The van der Waals surface area contributed by atoms with E-state index in [4.69, 9.17) is 9.15 Å². The molecule has 1 aromatic carbocycles. The van der Waals surface area contributed by atoms with E-state index in [9.17, 15) is 14.4 Å². The van der Waals surface area contributed by atoms with Gasteiger partial charge in [0.15, 0.2) is 11.6 Å². The molecule has 0 bridgehead atoms. The van der Waals surface area contributed by atoms with Gasteiger partial charge in [-0.3, -0.25) is 14.4 Å². The van der Waals surface area contributed by atoms with Gasteiger partial charge in [0.1, 0.15) is 17.8 Å². The maximum Gasteiger partial charge on any atom is 0.255 e. The minimum Gasteiger partial charge on any atom is -0.497 e. The summed E-state index contributed by atoms with van der Waals surface area (Å²) in [5.41, 5.74) is 1.00. The number of benzene rings is 1. The van der Waals surface area contributed by atoms with Gasteiger partial charge in [0, 0.05) is 44.5 Å². The molecule has 1 N–H and O–H groups in total. The number of carbonyl (C=O) groups is 3. The normalized spacial score (nSPS) is 14.2. The number of nitrogens with one attached hydrogen (secondary N) is 1. The summed E-state index contributed by atoms with van der Waals surface area (Å²) in [5.74, 6) is 1.81. The van der Waals surface area contributed by atoms with E-state index in [1.54, 1.807) is 42.3 Å². The number of methoxy groups -OCH3 is 1. The van der Waals surface area contributed by atoms with E-state index in [1.165, 1.54) is 12.5 Å². The van der Waals surface area contributed by atoms with Crippen LogP contribution in [0, 0.1) is 5.92 Å². The van der Waals surface area contributed by atoms with E-state index in [2.05, 4.69) is 15.5 Å². The number of nitrogens with zero attached hydrogens (tertiary/aromatic N) is 4. The van der Waals surface area contributed by atoms with E-state index in [-0.39, 0.29) is 42.4 Å². The quantitative estimate of drug-likeness (QED) is 0.455. The first-order valence-corrected chi connectivity index (χ1v) is 12.1. The number of fused-ring (bicyclic) bond motifs is 1. The maximum atomic E-state index is 12.9. The van der Waals surface area contributed by atoms with Gasteiger partial charge in [-0.25, -0.2) is 0 Å². The Balaban J connectivity index is 1.37. The molecule has 4 rings (SSSR count). The second-order valence-electron chi connectivity index (χ2n) is 9.12. The van der Waals surface area contributed by atoms with Crippen LogP contribution in [0.1, 0.15) is 65.1 Å². The molecule has 0 saturated carbocycles. The van der Waals surface area contributed by atoms with Crippen LogP contribution in [0.25, 0.3) is 0 Å². The summed E-state index contributed by atoms with van der Waals surface area (Å²) in [6.45, 7) is 5.51. The predicted molar refractivity (Wildman–Crippen MR) is 131 cm³/mol. The van der Waals surface area contributed by atoms with Crippen LogP contribution in [-0.2, 0) is 17.8 Å². The molecule has 2 aromatic heterocycles. The lowest BCUT2D eigenvalue weighted by molar-refractivity contribution is -0.131. The third kappa shape index (κ3) is 5.64. The topological polar surface area (TPSA) is 120 Å². The van der Waals surface area contributed by atoms with Crippen LogP contribution in [0.15, 0.2) is 47.3 Å². The molecule has 3 aromatic rings. The highest BCUT2D eigenvalue weighted by molar-refractivity contribution is 5.98. The Bertz CT molecular complexity index is 1200. The third-order valence-corrected chi connectivity index (χ3v) is 6.40. The molecule has 2 amide bonds. The lowest BCUT2D eigenvalue weighted by atomic mass is 10.0. The molecule has 1 atom stereocenters. The lowest BCUT2D eigenvalue weighted by Gasteiger charge is -2.23. The first-order valence-electron chi connectivity index (χ1n) is 12.1. The molecule has 0 spiro atoms. The van der Waals surface area contributed by atoms with Crippen molar-refractivity contribution in [3.63, 3.8) is 0 Å². The van der Waals surface area contributed by atoms with Gasteiger partial charge >= 0.3 is 0 Å². The van der Waals surface area contributed by atoms with Crippen LogP contribution in [0.3, 0.4) is 0 Å². The van der Waals surface area contributed by atoms with Gasteiger partial charge in [-0.05, 0) is 36.2 Å². The number of hydrogen-bond donors (Lipinski definition) is 1. The van der Waals surface area contributed by atoms with Crippen molar-refractivity contribution in [2.45, 2.75) is 45.7 Å². The maximum absolute atomic E-state index is 12.9. The zero-order valence-corrected chi connectivity index (χ0v) is 20.8. The van der Waals surface area contributed by atoms with E-state index in [1.807, 2.05) is 18.4 Å². The number of carbonyl (C=O) groups excluding carboxylic acids is 3. The summed E-state index contributed by atoms with van der Waals surface area (Å²) in [6, 6.07) is 8.15. The summed E-state index contributed by atoms with van der Waals surface area (Å²) in [4.78, 5) is 39.8. The number of rotatable bonds is 9. The second-order valence-corrected chi connectivity index (χ2v) is 9.12. The molecule has 1 aliphatic rings.